The Morgan fingerprint density at radius 1 is 1.42 bits per heavy atom. The summed E-state index contributed by atoms with van der Waals surface area (Å²) >= 11 is 0. The van der Waals surface area contributed by atoms with Crippen LogP contribution in [0, 0.1) is 38.0 Å². The number of rotatable bonds is 1. The van der Waals surface area contributed by atoms with Crippen LogP contribution in [-0.4, -0.2) is 5.11 Å². The molecule has 1 rings (SSSR count). The molecule has 0 fully saturated rings. The van der Waals surface area contributed by atoms with Gasteiger partial charge in [-0.05, 0) is 37.1 Å². The van der Waals surface area contributed by atoms with E-state index in [0.29, 0.717) is 5.75 Å². The molecule has 0 aliphatic heterocycles. The fourth-order valence-corrected chi connectivity index (χ4v) is 1.13. The maximum Gasteiger partial charge on any atom is 0.115 e. The Bertz CT molecular complexity index is 292. The van der Waals surface area contributed by atoms with Crippen LogP contribution in [0.3, 0.4) is 0 Å². The molecule has 1 aromatic rings. The number of allylic oxidation sites excluding steroid dienone is 1. The molecule has 0 unspecified atom stereocenters. The molecule has 0 atom stereocenters. The molecule has 1 aromatic carbocycles. The van der Waals surface area contributed by atoms with E-state index in [1.54, 1.807) is 12.1 Å². The van der Waals surface area contributed by atoms with Gasteiger partial charge < -0.3 is 5.11 Å². The van der Waals surface area contributed by atoms with Crippen LogP contribution in [0.1, 0.15) is 18.1 Å². The minimum Gasteiger partial charge on any atom is -0.508 e. The van der Waals surface area contributed by atoms with Crippen molar-refractivity contribution in [2.24, 2.45) is 0 Å². The number of phenolic OH excluding ortho intramolecular Hbond substituents is 1. The second kappa shape index (κ2) is 4.74. The van der Waals surface area contributed by atoms with Gasteiger partial charge in [-0.2, -0.15) is 0 Å². The summed E-state index contributed by atoms with van der Waals surface area (Å²) in [5.41, 5.74) is 3.21. The molecule has 2 heteroatoms. The van der Waals surface area contributed by atoms with E-state index in [2.05, 4.69) is 6.58 Å². The maximum absolute atomic E-state index is 9.09. The number of hydrogen-bond donors (Lipinski definition) is 1. The van der Waals surface area contributed by atoms with Gasteiger partial charge in [-0.1, -0.05) is 18.2 Å². The summed E-state index contributed by atoms with van der Waals surface area (Å²) in [6, 6.07) is 5.30. The van der Waals surface area contributed by atoms with Crippen LogP contribution in [-0.2, 0) is 0 Å². The third-order valence-electron chi connectivity index (χ3n) is 1.67. The van der Waals surface area contributed by atoms with Gasteiger partial charge in [-0.25, -0.2) is 0 Å². The van der Waals surface area contributed by atoms with Crippen molar-refractivity contribution in [3.8, 4) is 5.75 Å². The van der Waals surface area contributed by atoms with Crippen LogP contribution in [0.4, 0.5) is 0 Å². The molecule has 1 N–H and O–H groups in total. The summed E-state index contributed by atoms with van der Waals surface area (Å²) in [6.07, 6.45) is 0. The Labute approximate surface area is 96.9 Å². The van der Waals surface area contributed by atoms with Crippen molar-refractivity contribution in [3.63, 3.8) is 0 Å². The summed E-state index contributed by atoms with van der Waals surface area (Å²) in [7, 11) is 0. The van der Waals surface area contributed by atoms with Crippen LogP contribution in [0.2, 0.25) is 0 Å². The van der Waals surface area contributed by atoms with E-state index in [-0.39, 0.29) is 31.1 Å². The Balaban J connectivity index is 0.00000121. The summed E-state index contributed by atoms with van der Waals surface area (Å²) in [5, 5.41) is 9.09. The molecule has 0 heterocycles. The first kappa shape index (κ1) is 11.8. The fourth-order valence-electron chi connectivity index (χ4n) is 1.13. The van der Waals surface area contributed by atoms with Gasteiger partial charge in [0.25, 0.3) is 0 Å². The van der Waals surface area contributed by atoms with E-state index < -0.39 is 0 Å². The summed E-state index contributed by atoms with van der Waals surface area (Å²) < 4.78 is 0. The molecule has 0 amide bonds. The van der Waals surface area contributed by atoms with Crippen molar-refractivity contribution in [2.75, 3.05) is 0 Å². The van der Waals surface area contributed by atoms with Crippen molar-refractivity contribution in [1.29, 1.82) is 0 Å². The number of aryl methyl sites for hydroxylation is 1. The molecule has 0 saturated carbocycles. The topological polar surface area (TPSA) is 20.2 Å². The van der Waals surface area contributed by atoms with Crippen molar-refractivity contribution in [3.05, 3.63) is 35.9 Å². The second-order valence-corrected chi connectivity index (χ2v) is 2.78. The number of aromatic hydroxyl groups is 1. The average molecular weight is 386 g/mol. The maximum atomic E-state index is 9.09. The van der Waals surface area contributed by atoms with Gasteiger partial charge in [0, 0.05) is 31.1 Å². The van der Waals surface area contributed by atoms with E-state index in [4.69, 9.17) is 5.11 Å². The number of hydrogen-bond acceptors (Lipinski definition) is 1. The minimum atomic E-state index is 0. The third kappa shape index (κ3) is 2.70. The third-order valence-corrected chi connectivity index (χ3v) is 1.67. The largest absolute Gasteiger partial charge is 0.508 e. The molecule has 0 aliphatic rings. The normalized spacial score (nSPS) is 8.83. The fraction of sp³-hybridized carbons (Fsp3) is 0.200. The van der Waals surface area contributed by atoms with E-state index in [1.165, 1.54) is 0 Å². The van der Waals surface area contributed by atoms with Crippen molar-refractivity contribution < 1.29 is 36.2 Å². The molecule has 0 radical (unpaired) electrons. The van der Waals surface area contributed by atoms with Crippen LogP contribution in [0.5, 0.6) is 5.75 Å². The molecule has 0 spiro atoms. The minimum absolute atomic E-state index is 0. The van der Waals surface area contributed by atoms with Gasteiger partial charge in [0.05, 0.1) is 0 Å². The summed E-state index contributed by atoms with van der Waals surface area (Å²) in [6.45, 7) is 7.75. The first-order valence-corrected chi connectivity index (χ1v) is 3.57. The summed E-state index contributed by atoms with van der Waals surface area (Å²) in [4.78, 5) is 0. The van der Waals surface area contributed by atoms with Crippen LogP contribution in [0.25, 0.3) is 5.57 Å². The number of benzene rings is 1. The molecule has 12 heavy (non-hydrogen) atoms. The Morgan fingerprint density at radius 3 is 2.42 bits per heavy atom. The predicted molar refractivity (Wildman–Crippen MR) is 47.6 cm³/mol. The van der Waals surface area contributed by atoms with Gasteiger partial charge in [0.15, 0.2) is 0 Å². The average Bonchev–Trinajstić information content (AvgIpc) is 1.85. The van der Waals surface area contributed by atoms with E-state index in [9.17, 15) is 0 Å². The smallest absolute Gasteiger partial charge is 0.115 e. The zero-order chi connectivity index (χ0) is 8.43. The van der Waals surface area contributed by atoms with Gasteiger partial charge in [-0.15, -0.1) is 0 Å². The molecule has 0 bridgehead atoms. The van der Waals surface area contributed by atoms with E-state index in [1.807, 2.05) is 19.9 Å². The van der Waals surface area contributed by atoms with Crippen molar-refractivity contribution >= 4 is 5.57 Å². The SMILES string of the molecule is C=C(C)c1ccc(O)cc1C.[U]. The Morgan fingerprint density at radius 2 is 2.00 bits per heavy atom. The van der Waals surface area contributed by atoms with Crippen molar-refractivity contribution in [1.82, 2.24) is 0 Å². The molecule has 0 aliphatic carbocycles. The van der Waals surface area contributed by atoms with Crippen molar-refractivity contribution in [2.45, 2.75) is 13.8 Å². The molecule has 1 nitrogen and oxygen atoms in total. The van der Waals surface area contributed by atoms with E-state index >= 15 is 0 Å². The zero-order valence-corrected chi connectivity index (χ0v) is 11.6. The van der Waals surface area contributed by atoms with Gasteiger partial charge in [-0.3, -0.25) is 0 Å². The first-order valence-electron chi connectivity index (χ1n) is 3.57. The molecular formula is C10H12OU. The predicted octanol–water partition coefficient (Wildman–Crippen LogP) is 2.73. The van der Waals surface area contributed by atoms with Crippen LogP contribution in [0.15, 0.2) is 24.8 Å². The zero-order valence-electron chi connectivity index (χ0n) is 7.39. The first-order chi connectivity index (χ1) is 5.11. The number of phenols is 1. The van der Waals surface area contributed by atoms with Gasteiger partial charge >= 0.3 is 0 Å². The summed E-state index contributed by atoms with van der Waals surface area (Å²) in [5.74, 6) is 0.313. The second-order valence-electron chi connectivity index (χ2n) is 2.78. The Hall–Kier alpha value is -0.188. The van der Waals surface area contributed by atoms with E-state index in [0.717, 1.165) is 16.7 Å². The monoisotopic (exact) mass is 386 g/mol. The van der Waals surface area contributed by atoms with Crippen LogP contribution >= 0.6 is 0 Å². The molecular weight excluding hydrogens is 374 g/mol. The Kier molecular flexibility index (Phi) is 4.67. The standard InChI is InChI=1S/C10H12O.U/c1-7(2)10-5-4-9(11)6-8(10)3;/h4-6,11H,1H2,2-3H3;. The van der Waals surface area contributed by atoms with Crippen LogP contribution < -0.4 is 0 Å². The molecule has 0 saturated heterocycles. The molecule has 62 valence electrons. The van der Waals surface area contributed by atoms with Gasteiger partial charge in [0.2, 0.25) is 0 Å². The van der Waals surface area contributed by atoms with Gasteiger partial charge in [0.1, 0.15) is 5.75 Å². The molecule has 0 aromatic heterocycles. The quantitative estimate of drug-likeness (QED) is 0.787.